The number of allylic oxidation sites excluding steroid dienone is 3. The molecule has 2 aliphatic rings. The summed E-state index contributed by atoms with van der Waals surface area (Å²) < 4.78 is 0. The number of anilines is 3. The highest BCUT2D eigenvalue weighted by atomic mass is 15.1. The average molecular weight is 694 g/mol. The van der Waals surface area contributed by atoms with Gasteiger partial charge < -0.3 is 4.90 Å². The average Bonchev–Trinajstić information content (AvgIpc) is 3.25. The zero-order valence-electron chi connectivity index (χ0n) is 30.8. The van der Waals surface area contributed by atoms with Gasteiger partial charge in [0, 0.05) is 17.1 Å². The smallest absolute Gasteiger partial charge is 0.0462 e. The first-order valence-corrected chi connectivity index (χ1v) is 19.2. The molecule has 260 valence electrons. The van der Waals surface area contributed by atoms with Gasteiger partial charge in [-0.15, -0.1) is 0 Å². The zero-order valence-corrected chi connectivity index (χ0v) is 30.8. The van der Waals surface area contributed by atoms with Gasteiger partial charge in [0.25, 0.3) is 0 Å². The molecule has 7 aromatic carbocycles. The van der Waals surface area contributed by atoms with Gasteiger partial charge in [-0.05, 0) is 159 Å². The quantitative estimate of drug-likeness (QED) is 0.153. The van der Waals surface area contributed by atoms with Gasteiger partial charge in [-0.2, -0.15) is 0 Å². The van der Waals surface area contributed by atoms with E-state index in [0.717, 1.165) is 48.3 Å². The van der Waals surface area contributed by atoms with Crippen molar-refractivity contribution < 1.29 is 0 Å². The van der Waals surface area contributed by atoms with E-state index in [1.807, 2.05) is 6.08 Å². The Hall–Kier alpha value is -6.44. The minimum atomic E-state index is 1.11. The molecule has 1 heteroatoms. The van der Waals surface area contributed by atoms with Gasteiger partial charge in [0.05, 0.1) is 0 Å². The SMILES string of the molecule is C=Cc1cc(-c2ccc(N(c3ccc(-c4ccccc4)cc3)c3ccc(-c4cc5c(c6c4C=CCC6)CCC=C5)cc3)cc2)c2ccccc2c1/C=C\C. The summed E-state index contributed by atoms with van der Waals surface area (Å²) in [5.74, 6) is 0. The van der Waals surface area contributed by atoms with E-state index in [-0.39, 0.29) is 0 Å². The van der Waals surface area contributed by atoms with Gasteiger partial charge in [-0.3, -0.25) is 0 Å². The fourth-order valence-corrected chi connectivity index (χ4v) is 8.49. The number of nitrogens with zero attached hydrogens (tertiary/aromatic N) is 1. The lowest BCUT2D eigenvalue weighted by atomic mass is 9.81. The first kappa shape index (κ1) is 33.4. The Morgan fingerprint density at radius 3 is 1.74 bits per heavy atom. The second-order valence-corrected chi connectivity index (χ2v) is 14.3. The molecule has 0 unspecified atom stereocenters. The minimum Gasteiger partial charge on any atom is -0.311 e. The Labute approximate surface area is 319 Å². The molecule has 0 saturated heterocycles. The number of hydrogen-bond donors (Lipinski definition) is 0. The topological polar surface area (TPSA) is 3.24 Å². The van der Waals surface area contributed by atoms with Crippen molar-refractivity contribution in [2.45, 2.75) is 32.6 Å². The van der Waals surface area contributed by atoms with Gasteiger partial charge in [0.2, 0.25) is 0 Å². The molecule has 0 atom stereocenters. The summed E-state index contributed by atoms with van der Waals surface area (Å²) >= 11 is 0. The van der Waals surface area contributed by atoms with Crippen LogP contribution in [0.5, 0.6) is 0 Å². The van der Waals surface area contributed by atoms with Gasteiger partial charge in [0.1, 0.15) is 0 Å². The van der Waals surface area contributed by atoms with Crippen LogP contribution in [0.2, 0.25) is 0 Å². The Bertz CT molecular complexity index is 2580. The molecule has 54 heavy (non-hydrogen) atoms. The normalized spacial score (nSPS) is 13.2. The first-order chi connectivity index (χ1) is 26.7. The van der Waals surface area contributed by atoms with Crippen molar-refractivity contribution in [1.29, 1.82) is 0 Å². The molecule has 0 aliphatic heterocycles. The number of fused-ring (bicyclic) bond motifs is 4. The largest absolute Gasteiger partial charge is 0.311 e. The van der Waals surface area contributed by atoms with Crippen LogP contribution in [-0.2, 0) is 12.8 Å². The van der Waals surface area contributed by atoms with E-state index < -0.39 is 0 Å². The Balaban J connectivity index is 1.13. The monoisotopic (exact) mass is 693 g/mol. The molecule has 0 spiro atoms. The lowest BCUT2D eigenvalue weighted by molar-refractivity contribution is 0.906. The second kappa shape index (κ2) is 14.5. The molecule has 0 bridgehead atoms. The van der Waals surface area contributed by atoms with Gasteiger partial charge in [-0.1, -0.05) is 140 Å². The third-order valence-electron chi connectivity index (χ3n) is 11.1. The van der Waals surface area contributed by atoms with Crippen molar-refractivity contribution in [3.63, 3.8) is 0 Å². The van der Waals surface area contributed by atoms with Crippen LogP contribution in [0, 0.1) is 0 Å². The molecule has 0 fully saturated rings. The molecular weight excluding hydrogens is 651 g/mol. The van der Waals surface area contributed by atoms with Crippen LogP contribution in [0.15, 0.2) is 164 Å². The fourth-order valence-electron chi connectivity index (χ4n) is 8.49. The van der Waals surface area contributed by atoms with Crippen LogP contribution in [0.4, 0.5) is 17.1 Å². The number of hydrogen-bond acceptors (Lipinski definition) is 1. The van der Waals surface area contributed by atoms with Crippen LogP contribution in [-0.4, -0.2) is 0 Å². The summed E-state index contributed by atoms with van der Waals surface area (Å²) in [4.78, 5) is 2.37. The van der Waals surface area contributed by atoms with Crippen molar-refractivity contribution >= 4 is 52.1 Å². The Morgan fingerprint density at radius 2 is 1.09 bits per heavy atom. The highest BCUT2D eigenvalue weighted by molar-refractivity contribution is 6.04. The highest BCUT2D eigenvalue weighted by Gasteiger charge is 2.20. The molecule has 0 amide bonds. The van der Waals surface area contributed by atoms with Crippen molar-refractivity contribution in [2.75, 3.05) is 4.90 Å². The zero-order chi connectivity index (χ0) is 36.4. The molecular formula is C53H43N. The summed E-state index contributed by atoms with van der Waals surface area (Å²) in [5, 5.41) is 2.47. The van der Waals surface area contributed by atoms with Crippen molar-refractivity contribution in [3.8, 4) is 33.4 Å². The van der Waals surface area contributed by atoms with Crippen molar-refractivity contribution in [3.05, 3.63) is 198 Å². The summed E-state index contributed by atoms with van der Waals surface area (Å²) in [5.41, 5.74) is 19.0. The minimum absolute atomic E-state index is 1.11. The maximum atomic E-state index is 4.16. The third-order valence-corrected chi connectivity index (χ3v) is 11.1. The van der Waals surface area contributed by atoms with Crippen molar-refractivity contribution in [2.24, 2.45) is 0 Å². The molecule has 0 N–H and O–H groups in total. The molecule has 7 aromatic rings. The standard InChI is InChI=1S/C53H43N/c1-3-14-46-37(4-2)35-52(50-21-12-10-19-48(46)50)40-25-31-44(32-26-40)54(43-29-23-39(24-30-43)38-15-6-5-7-16-38)45-33-27-41(28-34-45)53-36-42-17-8-9-18-47(42)49-20-11-13-22-51(49)53/h3-8,10,12-17,19,21-36H,2,9,11,18,20H2,1H3/b14-3-. The number of benzene rings is 7. The van der Waals surface area contributed by atoms with Gasteiger partial charge in [0.15, 0.2) is 0 Å². The Morgan fingerprint density at radius 1 is 0.537 bits per heavy atom. The molecule has 0 saturated carbocycles. The summed E-state index contributed by atoms with van der Waals surface area (Å²) in [6.45, 7) is 6.23. The van der Waals surface area contributed by atoms with Crippen LogP contribution in [0.3, 0.4) is 0 Å². The first-order valence-electron chi connectivity index (χ1n) is 19.2. The Kier molecular flexibility index (Phi) is 8.99. The molecule has 0 aromatic heterocycles. The van der Waals surface area contributed by atoms with E-state index in [1.165, 1.54) is 60.8 Å². The predicted octanol–water partition coefficient (Wildman–Crippen LogP) is 14.9. The van der Waals surface area contributed by atoms with E-state index in [4.69, 9.17) is 0 Å². The van der Waals surface area contributed by atoms with Crippen LogP contribution in [0.1, 0.15) is 53.1 Å². The third kappa shape index (κ3) is 6.12. The molecule has 1 nitrogen and oxygen atoms in total. The molecule has 0 heterocycles. The van der Waals surface area contributed by atoms with Crippen LogP contribution in [0.25, 0.3) is 68.5 Å². The van der Waals surface area contributed by atoms with E-state index in [0.29, 0.717) is 0 Å². The van der Waals surface area contributed by atoms with E-state index in [9.17, 15) is 0 Å². The molecule has 9 rings (SSSR count). The molecule has 2 aliphatic carbocycles. The maximum absolute atomic E-state index is 4.16. The highest BCUT2D eigenvalue weighted by Crippen LogP contribution is 2.42. The number of rotatable bonds is 8. The lowest BCUT2D eigenvalue weighted by Gasteiger charge is -2.27. The lowest BCUT2D eigenvalue weighted by Crippen LogP contribution is -2.10. The van der Waals surface area contributed by atoms with E-state index in [1.54, 1.807) is 11.1 Å². The second-order valence-electron chi connectivity index (χ2n) is 14.3. The maximum Gasteiger partial charge on any atom is 0.0462 e. The van der Waals surface area contributed by atoms with Crippen molar-refractivity contribution in [1.82, 2.24) is 0 Å². The predicted molar refractivity (Wildman–Crippen MR) is 234 cm³/mol. The van der Waals surface area contributed by atoms with Gasteiger partial charge >= 0.3 is 0 Å². The van der Waals surface area contributed by atoms with Crippen LogP contribution < -0.4 is 4.90 Å². The van der Waals surface area contributed by atoms with Gasteiger partial charge in [-0.25, -0.2) is 0 Å². The summed E-state index contributed by atoms with van der Waals surface area (Å²) in [7, 11) is 0. The van der Waals surface area contributed by atoms with E-state index >= 15 is 0 Å². The van der Waals surface area contributed by atoms with Crippen LogP contribution >= 0.6 is 0 Å². The fraction of sp³-hybridized carbons (Fsp3) is 0.0943. The van der Waals surface area contributed by atoms with E-state index in [2.05, 4.69) is 194 Å². The summed E-state index contributed by atoms with van der Waals surface area (Å²) in [6, 6.07) is 51.2. The molecule has 0 radical (unpaired) electrons. The summed E-state index contributed by atoms with van der Waals surface area (Å²) in [6.07, 6.45) is 20.1.